The largest absolute Gasteiger partial charge is 0.310 e. The predicted molar refractivity (Wildman–Crippen MR) is 331 cm³/mol. The van der Waals surface area contributed by atoms with E-state index < -0.39 is 5.41 Å². The van der Waals surface area contributed by atoms with Crippen LogP contribution >= 0.6 is 0 Å². The van der Waals surface area contributed by atoms with Gasteiger partial charge in [0, 0.05) is 33.8 Å². The van der Waals surface area contributed by atoms with Gasteiger partial charge >= 0.3 is 0 Å². The Balaban J connectivity index is 0.955. The molecule has 15 rings (SSSR count). The van der Waals surface area contributed by atoms with Crippen LogP contribution in [-0.2, 0) is 5.41 Å². The monoisotopic (exact) mass is 1000 g/mol. The highest BCUT2D eigenvalue weighted by Gasteiger charge is 2.50. The zero-order chi connectivity index (χ0) is 52.3. The molecule has 0 bridgehead atoms. The van der Waals surface area contributed by atoms with E-state index in [1.54, 1.807) is 0 Å². The third kappa shape index (κ3) is 7.64. The van der Waals surface area contributed by atoms with Crippen molar-refractivity contribution in [2.24, 2.45) is 0 Å². The van der Waals surface area contributed by atoms with Crippen LogP contribution in [0.15, 0.2) is 315 Å². The van der Waals surface area contributed by atoms with E-state index >= 15 is 0 Å². The molecule has 13 aromatic carbocycles. The van der Waals surface area contributed by atoms with Crippen LogP contribution in [0.1, 0.15) is 22.3 Å². The number of anilines is 6. The first-order valence-electron chi connectivity index (χ1n) is 27.3. The zero-order valence-corrected chi connectivity index (χ0v) is 43.4. The van der Waals surface area contributed by atoms with Crippen LogP contribution in [0, 0.1) is 0 Å². The van der Waals surface area contributed by atoms with Crippen molar-refractivity contribution in [2.75, 3.05) is 9.80 Å². The van der Waals surface area contributed by atoms with Gasteiger partial charge in [0.15, 0.2) is 0 Å². The van der Waals surface area contributed by atoms with Crippen molar-refractivity contribution in [2.45, 2.75) is 5.41 Å². The second-order valence-corrected chi connectivity index (χ2v) is 20.8. The fraction of sp³-hybridized carbons (Fsp3) is 0.0130. The van der Waals surface area contributed by atoms with Crippen LogP contribution in [0.25, 0.3) is 77.5 Å². The van der Waals surface area contributed by atoms with E-state index in [1.807, 2.05) is 0 Å². The van der Waals surface area contributed by atoms with Gasteiger partial charge in [0.2, 0.25) is 0 Å². The molecule has 0 N–H and O–H groups in total. The summed E-state index contributed by atoms with van der Waals surface area (Å²) >= 11 is 0. The van der Waals surface area contributed by atoms with Crippen molar-refractivity contribution in [1.82, 2.24) is 0 Å². The normalized spacial score (nSPS) is 12.4. The Bertz CT molecular complexity index is 4150. The van der Waals surface area contributed by atoms with Gasteiger partial charge in [-0.25, -0.2) is 0 Å². The van der Waals surface area contributed by atoms with E-state index in [9.17, 15) is 0 Å². The molecule has 0 aromatic heterocycles. The summed E-state index contributed by atoms with van der Waals surface area (Å²) in [6.45, 7) is 0. The van der Waals surface area contributed by atoms with Crippen molar-refractivity contribution in [3.63, 3.8) is 0 Å². The van der Waals surface area contributed by atoms with Gasteiger partial charge < -0.3 is 9.80 Å². The summed E-state index contributed by atoms with van der Waals surface area (Å²) in [4.78, 5) is 4.89. The van der Waals surface area contributed by atoms with E-state index in [0.717, 1.165) is 34.1 Å². The molecule has 2 heteroatoms. The second-order valence-electron chi connectivity index (χ2n) is 20.8. The molecule has 0 heterocycles. The predicted octanol–water partition coefficient (Wildman–Crippen LogP) is 20.8. The third-order valence-electron chi connectivity index (χ3n) is 16.5. The summed E-state index contributed by atoms with van der Waals surface area (Å²) in [5.41, 5.74) is 25.6. The Kier molecular flexibility index (Phi) is 11.1. The van der Waals surface area contributed by atoms with Gasteiger partial charge in [-0.3, -0.25) is 0 Å². The Labute approximate surface area is 462 Å². The van der Waals surface area contributed by atoms with Crippen LogP contribution in [0.2, 0.25) is 0 Å². The summed E-state index contributed by atoms with van der Waals surface area (Å²) < 4.78 is 0. The van der Waals surface area contributed by atoms with E-state index in [4.69, 9.17) is 0 Å². The average Bonchev–Trinajstić information content (AvgIpc) is 2.85. The van der Waals surface area contributed by atoms with E-state index in [0.29, 0.717) is 0 Å². The second kappa shape index (κ2) is 19.1. The first kappa shape index (κ1) is 46.1. The molecule has 0 unspecified atom stereocenters. The first-order valence-corrected chi connectivity index (χ1v) is 27.3. The maximum absolute atomic E-state index is 2.51. The van der Waals surface area contributed by atoms with Crippen LogP contribution in [0.4, 0.5) is 34.1 Å². The molecule has 370 valence electrons. The van der Waals surface area contributed by atoms with Gasteiger partial charge in [-0.15, -0.1) is 0 Å². The highest BCUT2D eigenvalue weighted by atomic mass is 15.1. The molecule has 79 heavy (non-hydrogen) atoms. The number of fused-ring (bicyclic) bond motifs is 9. The minimum atomic E-state index is -0.650. The zero-order valence-electron chi connectivity index (χ0n) is 43.4. The number of hydrogen-bond donors (Lipinski definition) is 0. The summed E-state index contributed by atoms with van der Waals surface area (Å²) in [6.07, 6.45) is 0. The van der Waals surface area contributed by atoms with Gasteiger partial charge in [-0.2, -0.15) is 0 Å². The molecule has 0 saturated heterocycles. The molecule has 13 aromatic rings. The Morgan fingerprint density at radius 3 is 0.962 bits per heavy atom. The molecule has 0 saturated carbocycles. The molecular weight excluding hydrogens is 953 g/mol. The molecule has 0 atom stereocenters. The van der Waals surface area contributed by atoms with Crippen molar-refractivity contribution in [3.05, 3.63) is 338 Å². The van der Waals surface area contributed by atoms with Gasteiger partial charge in [-0.05, 0) is 161 Å². The van der Waals surface area contributed by atoms with E-state index in [-0.39, 0.29) is 0 Å². The summed E-state index contributed by atoms with van der Waals surface area (Å²) in [7, 11) is 0. The maximum Gasteiger partial charge on any atom is 0.0726 e. The van der Waals surface area contributed by atoms with E-state index in [2.05, 4.69) is 325 Å². The van der Waals surface area contributed by atoms with Crippen LogP contribution in [-0.4, -0.2) is 0 Å². The fourth-order valence-electron chi connectivity index (χ4n) is 12.9. The first-order chi connectivity index (χ1) is 39.2. The minimum absolute atomic E-state index is 0.650. The Morgan fingerprint density at radius 1 is 0.203 bits per heavy atom. The lowest BCUT2D eigenvalue weighted by atomic mass is 9.61. The highest BCUT2D eigenvalue weighted by molar-refractivity contribution is 6.13. The molecule has 0 radical (unpaired) electrons. The van der Waals surface area contributed by atoms with Gasteiger partial charge in [0.1, 0.15) is 0 Å². The molecule has 0 aliphatic heterocycles. The average molecular weight is 1010 g/mol. The van der Waals surface area contributed by atoms with Crippen molar-refractivity contribution >= 4 is 44.9 Å². The van der Waals surface area contributed by atoms with Crippen molar-refractivity contribution in [1.29, 1.82) is 0 Å². The Morgan fingerprint density at radius 2 is 0.532 bits per heavy atom. The lowest BCUT2D eigenvalue weighted by Crippen LogP contribution is -2.32. The third-order valence-corrected chi connectivity index (χ3v) is 16.5. The van der Waals surface area contributed by atoms with Crippen molar-refractivity contribution in [3.8, 4) is 66.8 Å². The SMILES string of the molecule is c1ccc(-c2ccc(N(c3ccc(-c4ccccc4)cc3)c3ccc4c(c3)C3(c5ccccc5-c5ccccc53)c3cccc5c(N(c6ccc(-c7ccccc7)cc6)c6ccc(-c7ccccc7)cc6)ccc-4c35)cc2)cc1. The summed E-state index contributed by atoms with van der Waals surface area (Å²) in [6, 6.07) is 116. The molecule has 0 fully saturated rings. The highest BCUT2D eigenvalue weighted by Crippen LogP contribution is 2.63. The fourth-order valence-corrected chi connectivity index (χ4v) is 12.9. The lowest BCUT2D eigenvalue weighted by molar-refractivity contribution is 0.773. The lowest BCUT2D eigenvalue weighted by Gasteiger charge is -2.41. The van der Waals surface area contributed by atoms with E-state index in [1.165, 1.54) is 99.8 Å². The van der Waals surface area contributed by atoms with Gasteiger partial charge in [-0.1, -0.05) is 249 Å². The number of nitrogens with zero attached hydrogens (tertiary/aromatic N) is 2. The quantitative estimate of drug-likeness (QED) is 0.135. The molecule has 0 amide bonds. The van der Waals surface area contributed by atoms with Crippen LogP contribution < -0.4 is 9.80 Å². The summed E-state index contributed by atoms with van der Waals surface area (Å²) in [5, 5.41) is 2.47. The molecule has 2 aliphatic carbocycles. The molecule has 1 spiro atoms. The van der Waals surface area contributed by atoms with Crippen LogP contribution in [0.5, 0.6) is 0 Å². The smallest absolute Gasteiger partial charge is 0.0726 e. The van der Waals surface area contributed by atoms with Gasteiger partial charge in [0.05, 0.1) is 11.1 Å². The molecule has 2 aliphatic rings. The maximum atomic E-state index is 2.51. The topological polar surface area (TPSA) is 6.48 Å². The minimum Gasteiger partial charge on any atom is -0.310 e. The standard InChI is InChI=1S/C77H52N2/c1-5-18-53(19-6-1)57-32-40-61(41-33-57)78(62-42-34-58(35-43-62)54-20-7-2-8-21-54)65-48-49-68-69-50-51-75(70-28-17-31-73(76(69)70)77(74(68)52-65)71-29-15-13-26-66(71)67-27-14-16-30-72(67)77)79(63-44-36-59(37-45-63)55-22-9-3-10-23-55)64-46-38-60(39-47-64)56-24-11-4-12-25-56/h1-52H. The number of hydrogen-bond acceptors (Lipinski definition) is 2. The van der Waals surface area contributed by atoms with Crippen LogP contribution in [0.3, 0.4) is 0 Å². The number of benzene rings is 13. The molecular formula is C77H52N2. The number of rotatable bonds is 10. The molecule has 2 nitrogen and oxygen atoms in total. The van der Waals surface area contributed by atoms with Gasteiger partial charge in [0.25, 0.3) is 0 Å². The van der Waals surface area contributed by atoms with Crippen molar-refractivity contribution < 1.29 is 0 Å². The summed E-state index contributed by atoms with van der Waals surface area (Å²) in [5.74, 6) is 0. The Hall–Kier alpha value is -10.3.